The van der Waals surface area contributed by atoms with Gasteiger partial charge in [0.25, 0.3) is 0 Å². The van der Waals surface area contributed by atoms with E-state index in [1.165, 1.54) is 0 Å². The van der Waals surface area contributed by atoms with Crippen molar-refractivity contribution >= 4 is 35.6 Å². The molecule has 132 valence electrons. The molecule has 0 radical (unpaired) electrons. The van der Waals surface area contributed by atoms with Gasteiger partial charge in [0.2, 0.25) is 0 Å². The molecule has 25 heavy (non-hydrogen) atoms. The lowest BCUT2D eigenvalue weighted by atomic mass is 9.80. The molecule has 0 aromatic heterocycles. The maximum Gasteiger partial charge on any atom is 0.318 e. The van der Waals surface area contributed by atoms with Gasteiger partial charge in [0.05, 0.1) is 23.7 Å². The van der Waals surface area contributed by atoms with Crippen LogP contribution in [0, 0.1) is 35.5 Å². The van der Waals surface area contributed by atoms with E-state index in [0.717, 1.165) is 38.5 Å². The Bertz CT molecular complexity index is 701. The fourth-order valence-corrected chi connectivity index (χ4v) is 9.67. The van der Waals surface area contributed by atoms with Crippen molar-refractivity contribution in [3.63, 3.8) is 0 Å². The van der Waals surface area contributed by atoms with Crippen LogP contribution in [0.25, 0.3) is 0 Å². The minimum absolute atomic E-state index is 0.222. The number of carbonyl (C=O) groups is 4. The summed E-state index contributed by atoms with van der Waals surface area (Å²) in [5, 5.41) is 0. The number of cyclic esters (lactones) is 4. The second-order valence-electron chi connectivity index (χ2n) is 8.72. The van der Waals surface area contributed by atoms with Crippen LogP contribution in [-0.2, 0) is 28.7 Å². The van der Waals surface area contributed by atoms with Crippen LogP contribution in [0.3, 0.4) is 0 Å². The zero-order valence-electron chi connectivity index (χ0n) is 13.6. The fourth-order valence-electron chi connectivity index (χ4n) is 7.09. The normalized spacial score (nSPS) is 54.9. The van der Waals surface area contributed by atoms with Gasteiger partial charge in [-0.25, -0.2) is 0 Å². The molecular formula is C18H18O6S. The molecule has 0 aromatic carbocycles. The summed E-state index contributed by atoms with van der Waals surface area (Å²) in [6.07, 6.45) is 5.35. The molecule has 0 amide bonds. The smallest absolute Gasteiger partial charge is 0.318 e. The zero-order chi connectivity index (χ0) is 17.1. The molecule has 4 aliphatic carbocycles. The molecule has 0 N–H and O–H groups in total. The third kappa shape index (κ3) is 1.56. The Balaban J connectivity index is 1.40. The summed E-state index contributed by atoms with van der Waals surface area (Å²) in [6, 6.07) is 0. The Morgan fingerprint density at radius 2 is 1.16 bits per heavy atom. The Labute approximate surface area is 148 Å². The van der Waals surface area contributed by atoms with Crippen LogP contribution in [0.5, 0.6) is 0 Å². The quantitative estimate of drug-likeness (QED) is 0.543. The van der Waals surface area contributed by atoms with Crippen molar-refractivity contribution in [2.45, 2.75) is 48.0 Å². The van der Waals surface area contributed by atoms with Crippen molar-refractivity contribution in [1.82, 2.24) is 0 Å². The molecular weight excluding hydrogens is 344 g/mol. The standard InChI is InChI=1S/C18H18O6S/c19-13-9-7-1-3-17(5-7,11(9)15(21)23-13)25-18-4-2-8(6-18)10-12(18)16(22)24-14(10)20/h7-12H,1-6H2. The highest BCUT2D eigenvalue weighted by atomic mass is 32.2. The molecule has 6 rings (SSSR count). The lowest BCUT2D eigenvalue weighted by molar-refractivity contribution is -0.156. The van der Waals surface area contributed by atoms with Crippen LogP contribution in [0.2, 0.25) is 0 Å². The molecule has 6 fully saturated rings. The van der Waals surface area contributed by atoms with E-state index in [1.807, 2.05) is 0 Å². The molecule has 8 unspecified atom stereocenters. The van der Waals surface area contributed by atoms with E-state index < -0.39 is 0 Å². The number of fused-ring (bicyclic) bond motifs is 10. The van der Waals surface area contributed by atoms with Crippen LogP contribution in [0.1, 0.15) is 38.5 Å². The molecule has 0 aromatic rings. The molecule has 7 heteroatoms. The van der Waals surface area contributed by atoms with E-state index in [4.69, 9.17) is 9.47 Å². The Morgan fingerprint density at radius 1 is 0.720 bits per heavy atom. The SMILES string of the molecule is O=C1OC(=O)C2C1C1CCC2(SC23CCC(C2)C2C(=O)OC(=O)C23)C1. The van der Waals surface area contributed by atoms with E-state index >= 15 is 0 Å². The minimum Gasteiger partial charge on any atom is -0.393 e. The first kappa shape index (κ1) is 14.8. The van der Waals surface area contributed by atoms with Crippen LogP contribution in [0.4, 0.5) is 0 Å². The maximum absolute atomic E-state index is 12.4. The topological polar surface area (TPSA) is 86.7 Å². The van der Waals surface area contributed by atoms with E-state index in [0.29, 0.717) is 0 Å². The summed E-state index contributed by atoms with van der Waals surface area (Å²) in [4.78, 5) is 49.0. The van der Waals surface area contributed by atoms with Crippen molar-refractivity contribution in [3.8, 4) is 0 Å². The number of rotatable bonds is 2. The minimum atomic E-state index is -0.379. The van der Waals surface area contributed by atoms with Crippen LogP contribution in [-0.4, -0.2) is 33.4 Å². The van der Waals surface area contributed by atoms with Crippen molar-refractivity contribution in [1.29, 1.82) is 0 Å². The summed E-state index contributed by atoms with van der Waals surface area (Å²) in [7, 11) is 0. The van der Waals surface area contributed by atoms with Crippen LogP contribution >= 0.6 is 11.8 Å². The number of hydrogen-bond acceptors (Lipinski definition) is 7. The average molecular weight is 362 g/mol. The van der Waals surface area contributed by atoms with Gasteiger partial charge in [-0.15, -0.1) is 11.8 Å². The third-order valence-corrected chi connectivity index (χ3v) is 9.88. The Kier molecular flexibility index (Phi) is 2.54. The molecule has 4 bridgehead atoms. The molecule has 2 aliphatic heterocycles. The number of thioether (sulfide) groups is 1. The first-order chi connectivity index (χ1) is 11.9. The molecule has 4 saturated carbocycles. The van der Waals surface area contributed by atoms with Gasteiger partial charge in [0.1, 0.15) is 0 Å². The second-order valence-corrected chi connectivity index (χ2v) is 10.6. The summed E-state index contributed by atoms with van der Waals surface area (Å²) < 4.78 is 9.30. The van der Waals surface area contributed by atoms with Gasteiger partial charge in [0, 0.05) is 9.49 Å². The average Bonchev–Trinajstić information content (AvgIpc) is 3.33. The second kappa shape index (κ2) is 4.30. The molecule has 2 saturated heterocycles. The molecule has 6 nitrogen and oxygen atoms in total. The molecule has 6 aliphatic rings. The largest absolute Gasteiger partial charge is 0.393 e. The highest BCUT2D eigenvalue weighted by molar-refractivity contribution is 8.02. The van der Waals surface area contributed by atoms with E-state index in [1.54, 1.807) is 11.8 Å². The summed E-state index contributed by atoms with van der Waals surface area (Å²) in [5.74, 6) is -2.36. The van der Waals surface area contributed by atoms with Crippen molar-refractivity contribution in [2.24, 2.45) is 35.5 Å². The predicted molar refractivity (Wildman–Crippen MR) is 83.9 cm³/mol. The number of hydrogen-bond donors (Lipinski definition) is 0. The number of esters is 4. The van der Waals surface area contributed by atoms with E-state index in [-0.39, 0.29) is 68.9 Å². The molecule has 0 spiro atoms. The monoisotopic (exact) mass is 362 g/mol. The highest BCUT2D eigenvalue weighted by Crippen LogP contribution is 2.72. The first-order valence-corrected chi connectivity index (χ1v) is 9.97. The van der Waals surface area contributed by atoms with Crippen molar-refractivity contribution in [3.05, 3.63) is 0 Å². The first-order valence-electron chi connectivity index (χ1n) is 9.15. The van der Waals surface area contributed by atoms with Gasteiger partial charge in [-0.05, 0) is 50.4 Å². The lowest BCUT2D eigenvalue weighted by Crippen LogP contribution is -2.44. The third-order valence-electron chi connectivity index (χ3n) is 7.82. The summed E-state index contributed by atoms with van der Waals surface area (Å²) in [6.45, 7) is 0. The predicted octanol–water partition coefficient (Wildman–Crippen LogP) is 1.46. The van der Waals surface area contributed by atoms with E-state index in [2.05, 4.69) is 0 Å². The van der Waals surface area contributed by atoms with E-state index in [9.17, 15) is 19.2 Å². The van der Waals surface area contributed by atoms with Gasteiger partial charge in [-0.3, -0.25) is 19.2 Å². The lowest BCUT2D eigenvalue weighted by Gasteiger charge is -2.42. The number of carbonyl (C=O) groups excluding carboxylic acids is 4. The van der Waals surface area contributed by atoms with Gasteiger partial charge >= 0.3 is 23.9 Å². The highest BCUT2D eigenvalue weighted by Gasteiger charge is 2.74. The fraction of sp³-hybridized carbons (Fsp3) is 0.778. The van der Waals surface area contributed by atoms with Crippen LogP contribution in [0.15, 0.2) is 0 Å². The number of ether oxygens (including phenoxy) is 2. The maximum atomic E-state index is 12.4. The Hall–Kier alpha value is -1.37. The van der Waals surface area contributed by atoms with Gasteiger partial charge in [-0.2, -0.15) is 0 Å². The van der Waals surface area contributed by atoms with Gasteiger partial charge < -0.3 is 9.47 Å². The van der Waals surface area contributed by atoms with Gasteiger partial charge in [-0.1, -0.05) is 0 Å². The Morgan fingerprint density at radius 3 is 1.60 bits per heavy atom. The van der Waals surface area contributed by atoms with Crippen molar-refractivity contribution in [2.75, 3.05) is 0 Å². The van der Waals surface area contributed by atoms with Crippen LogP contribution < -0.4 is 0 Å². The molecule has 2 heterocycles. The zero-order valence-corrected chi connectivity index (χ0v) is 14.4. The summed E-state index contributed by atoms with van der Waals surface area (Å²) >= 11 is 1.75. The molecule has 8 atom stereocenters. The van der Waals surface area contributed by atoms with Gasteiger partial charge in [0.15, 0.2) is 0 Å². The van der Waals surface area contributed by atoms with Crippen molar-refractivity contribution < 1.29 is 28.7 Å². The summed E-state index contributed by atoms with van der Waals surface area (Å²) in [5.41, 5.74) is 0.